The highest BCUT2D eigenvalue weighted by molar-refractivity contribution is 7.14. The second kappa shape index (κ2) is 11.8. The van der Waals surface area contributed by atoms with Crippen LogP contribution >= 0.6 is 11.3 Å². The maximum atomic E-state index is 13.4. The molecule has 41 heavy (non-hydrogen) atoms. The first-order valence-corrected chi connectivity index (χ1v) is 13.6. The lowest BCUT2D eigenvalue weighted by molar-refractivity contribution is -0.179. The Kier molecular flexibility index (Phi) is 9.05. The summed E-state index contributed by atoms with van der Waals surface area (Å²) >= 11 is 1.01. The fourth-order valence-corrected chi connectivity index (χ4v) is 3.97. The maximum Gasteiger partial charge on any atom is 0.413 e. The van der Waals surface area contributed by atoms with Gasteiger partial charge in [-0.3, -0.25) is 14.9 Å². The summed E-state index contributed by atoms with van der Waals surface area (Å²) in [7, 11) is 0. The summed E-state index contributed by atoms with van der Waals surface area (Å²) in [5, 5.41) is 17.5. The lowest BCUT2D eigenvalue weighted by Gasteiger charge is -2.37. The third kappa shape index (κ3) is 8.70. The SMILES string of the molecule is Cc1ncnn1C[C@H]1NC(=O)[C@H]1NC(=O)/C(=N/OC(C)(C)C(=O)OC(C)(C)C)c1csc(NC(=O)OC(C)(C)C)n1. The van der Waals surface area contributed by atoms with Crippen LogP contribution in [-0.4, -0.2) is 78.2 Å². The molecular formula is C25H36N8O7S. The first-order valence-electron chi connectivity index (χ1n) is 12.8. The van der Waals surface area contributed by atoms with Crippen molar-refractivity contribution in [1.29, 1.82) is 0 Å². The van der Waals surface area contributed by atoms with E-state index in [1.165, 1.54) is 25.6 Å². The number of hydrogen-bond acceptors (Lipinski definition) is 12. The fraction of sp³-hybridized carbons (Fsp3) is 0.600. The Morgan fingerprint density at radius 2 is 1.76 bits per heavy atom. The van der Waals surface area contributed by atoms with Crippen molar-refractivity contribution in [2.75, 3.05) is 5.32 Å². The van der Waals surface area contributed by atoms with Gasteiger partial charge >= 0.3 is 12.1 Å². The van der Waals surface area contributed by atoms with Crippen molar-refractivity contribution >= 4 is 46.1 Å². The molecule has 2 atom stereocenters. The topological polar surface area (TPSA) is 188 Å². The van der Waals surface area contributed by atoms with Gasteiger partial charge < -0.3 is 24.9 Å². The third-order valence-corrected chi connectivity index (χ3v) is 6.06. The van der Waals surface area contributed by atoms with E-state index in [2.05, 4.69) is 36.2 Å². The molecule has 1 aliphatic heterocycles. The fourth-order valence-electron chi connectivity index (χ4n) is 3.29. The number of rotatable bonds is 9. The van der Waals surface area contributed by atoms with E-state index >= 15 is 0 Å². The number of nitrogens with zero attached hydrogens (tertiary/aromatic N) is 5. The van der Waals surface area contributed by atoms with Crippen molar-refractivity contribution in [2.45, 2.75) is 97.7 Å². The summed E-state index contributed by atoms with van der Waals surface area (Å²) in [4.78, 5) is 64.5. The van der Waals surface area contributed by atoms with Gasteiger partial charge in [0.25, 0.3) is 5.91 Å². The molecule has 3 amide bonds. The summed E-state index contributed by atoms with van der Waals surface area (Å²) in [5.74, 6) is -1.26. The Balaban J connectivity index is 1.84. The van der Waals surface area contributed by atoms with Crippen LogP contribution in [0.4, 0.5) is 9.93 Å². The Bertz CT molecular complexity index is 1340. The molecule has 0 aromatic carbocycles. The number of β-lactam (4-membered cyclic amide) rings is 1. The molecule has 1 aliphatic rings. The number of aryl methyl sites for hydroxylation is 1. The lowest BCUT2D eigenvalue weighted by atomic mass is 9.98. The number of hydrogen-bond donors (Lipinski definition) is 3. The van der Waals surface area contributed by atoms with Gasteiger partial charge in [-0.15, -0.1) is 11.3 Å². The molecule has 0 saturated carbocycles. The Labute approximate surface area is 241 Å². The Morgan fingerprint density at radius 3 is 2.32 bits per heavy atom. The molecule has 2 aromatic rings. The zero-order valence-electron chi connectivity index (χ0n) is 24.5. The van der Waals surface area contributed by atoms with Gasteiger partial charge in [0, 0.05) is 5.38 Å². The molecular weight excluding hydrogens is 556 g/mol. The number of anilines is 1. The number of ether oxygens (including phenoxy) is 2. The summed E-state index contributed by atoms with van der Waals surface area (Å²) in [5.41, 5.74) is -3.39. The normalized spacial score (nSPS) is 17.7. The second-order valence-corrected chi connectivity index (χ2v) is 12.6. The smallest absolute Gasteiger partial charge is 0.413 e. The van der Waals surface area contributed by atoms with Gasteiger partial charge in [0.1, 0.15) is 35.1 Å². The van der Waals surface area contributed by atoms with Crippen LogP contribution in [0.15, 0.2) is 16.9 Å². The van der Waals surface area contributed by atoms with Crippen molar-refractivity contribution in [3.05, 3.63) is 23.2 Å². The zero-order chi connectivity index (χ0) is 30.8. The molecule has 0 unspecified atom stereocenters. The molecule has 3 rings (SSSR count). The number of aromatic nitrogens is 4. The number of oxime groups is 1. The lowest BCUT2D eigenvalue weighted by Crippen LogP contribution is -2.70. The molecule has 15 nitrogen and oxygen atoms in total. The number of thiazole rings is 1. The van der Waals surface area contributed by atoms with Gasteiger partial charge in [-0.2, -0.15) is 5.10 Å². The largest absolute Gasteiger partial charge is 0.457 e. The van der Waals surface area contributed by atoms with Crippen LogP contribution in [-0.2, 0) is 35.2 Å². The van der Waals surface area contributed by atoms with E-state index in [1.807, 2.05) is 0 Å². The number of carbonyl (C=O) groups excluding carboxylic acids is 4. The van der Waals surface area contributed by atoms with Crippen molar-refractivity contribution in [3.8, 4) is 0 Å². The highest BCUT2D eigenvalue weighted by atomic mass is 32.1. The molecule has 3 N–H and O–H groups in total. The molecule has 3 heterocycles. The minimum Gasteiger partial charge on any atom is -0.457 e. The van der Waals surface area contributed by atoms with Gasteiger partial charge in [-0.05, 0) is 62.3 Å². The highest BCUT2D eigenvalue weighted by Gasteiger charge is 2.42. The minimum absolute atomic E-state index is 0.0296. The Morgan fingerprint density at radius 1 is 1.10 bits per heavy atom. The summed E-state index contributed by atoms with van der Waals surface area (Å²) in [6.07, 6.45) is 0.657. The zero-order valence-corrected chi connectivity index (χ0v) is 25.3. The third-order valence-electron chi connectivity index (χ3n) is 5.30. The summed E-state index contributed by atoms with van der Waals surface area (Å²) in [6.45, 7) is 15.2. The van der Waals surface area contributed by atoms with E-state index < -0.39 is 52.8 Å². The average molecular weight is 593 g/mol. The predicted octanol–water partition coefficient (Wildman–Crippen LogP) is 1.91. The number of nitrogens with one attached hydrogen (secondary N) is 3. The van der Waals surface area contributed by atoms with Crippen LogP contribution < -0.4 is 16.0 Å². The Hall–Kier alpha value is -4.08. The molecule has 0 spiro atoms. The molecule has 224 valence electrons. The average Bonchev–Trinajstić information content (AvgIpc) is 3.43. The van der Waals surface area contributed by atoms with Gasteiger partial charge in [0.05, 0.1) is 12.6 Å². The first-order chi connectivity index (χ1) is 18.8. The summed E-state index contributed by atoms with van der Waals surface area (Å²) in [6, 6.07) is -1.37. The molecule has 0 aliphatic carbocycles. The van der Waals surface area contributed by atoms with E-state index in [4.69, 9.17) is 14.3 Å². The molecule has 2 aromatic heterocycles. The molecule has 1 fully saturated rings. The maximum absolute atomic E-state index is 13.4. The minimum atomic E-state index is -1.58. The van der Waals surface area contributed by atoms with Gasteiger partial charge in [-0.1, -0.05) is 5.16 Å². The van der Waals surface area contributed by atoms with Crippen molar-refractivity contribution < 1.29 is 33.5 Å². The molecule has 0 bridgehead atoms. The number of amides is 3. The monoisotopic (exact) mass is 592 g/mol. The van der Waals surface area contributed by atoms with E-state index in [0.717, 1.165) is 11.3 Å². The predicted molar refractivity (Wildman–Crippen MR) is 148 cm³/mol. The number of carbonyl (C=O) groups is 4. The van der Waals surface area contributed by atoms with E-state index in [1.54, 1.807) is 53.1 Å². The second-order valence-electron chi connectivity index (χ2n) is 11.8. The van der Waals surface area contributed by atoms with Gasteiger partial charge in [0.2, 0.25) is 11.5 Å². The number of esters is 1. The van der Waals surface area contributed by atoms with E-state index in [-0.39, 0.29) is 23.1 Å². The summed E-state index contributed by atoms with van der Waals surface area (Å²) < 4.78 is 12.2. The van der Waals surface area contributed by atoms with Gasteiger partial charge in [-0.25, -0.2) is 24.2 Å². The van der Waals surface area contributed by atoms with Crippen LogP contribution in [0.5, 0.6) is 0 Å². The first kappa shape index (κ1) is 31.4. The molecule has 0 radical (unpaired) electrons. The molecule has 1 saturated heterocycles. The van der Waals surface area contributed by atoms with Crippen LogP contribution in [0.3, 0.4) is 0 Å². The van der Waals surface area contributed by atoms with Crippen LogP contribution in [0, 0.1) is 6.92 Å². The van der Waals surface area contributed by atoms with E-state index in [9.17, 15) is 19.2 Å². The molecule has 16 heteroatoms. The van der Waals surface area contributed by atoms with Crippen molar-refractivity contribution in [3.63, 3.8) is 0 Å². The van der Waals surface area contributed by atoms with Crippen LogP contribution in [0.2, 0.25) is 0 Å². The van der Waals surface area contributed by atoms with Crippen molar-refractivity contribution in [2.24, 2.45) is 5.16 Å². The van der Waals surface area contributed by atoms with Crippen LogP contribution in [0.25, 0.3) is 0 Å². The van der Waals surface area contributed by atoms with Gasteiger partial charge in [0.15, 0.2) is 10.8 Å². The quantitative estimate of drug-likeness (QED) is 0.168. The van der Waals surface area contributed by atoms with E-state index in [0.29, 0.717) is 5.82 Å². The highest BCUT2D eigenvalue weighted by Crippen LogP contribution is 2.21. The standard InChI is InChI=1S/C25H36N8O7S/c1-13-26-12-27-33(13)10-14-16(18(34)28-14)30-19(35)17(32-40-25(8,9)20(36)38-23(2,3)4)15-11-41-21(29-15)31-22(37)39-24(5,6)7/h11-12,14,16H,10H2,1-9H3,(H,28,34)(H,30,35)(H,29,31,37)/b32-17+/t14-,16+/m1/s1. The van der Waals surface area contributed by atoms with Crippen LogP contribution in [0.1, 0.15) is 66.9 Å². The van der Waals surface area contributed by atoms with Crippen molar-refractivity contribution in [1.82, 2.24) is 30.4 Å².